The Morgan fingerprint density at radius 3 is 1.43 bits per heavy atom. The number of aryl methyl sites for hydroxylation is 4. The lowest BCUT2D eigenvalue weighted by atomic mass is 10.0. The van der Waals surface area contributed by atoms with Crippen LogP contribution >= 0.6 is 0 Å². The van der Waals surface area contributed by atoms with Crippen LogP contribution in [0.1, 0.15) is 22.3 Å². The molecule has 0 spiro atoms. The van der Waals surface area contributed by atoms with E-state index in [1.165, 1.54) is 12.1 Å². The number of aromatic nitrogens is 3. The first-order valence-corrected chi connectivity index (χ1v) is 9.76. The van der Waals surface area contributed by atoms with Crippen molar-refractivity contribution < 1.29 is 10.2 Å². The zero-order chi connectivity index (χ0) is 21.4. The van der Waals surface area contributed by atoms with E-state index in [9.17, 15) is 10.2 Å². The van der Waals surface area contributed by atoms with Gasteiger partial charge in [0.1, 0.15) is 17.1 Å². The minimum atomic E-state index is -0.0839. The van der Waals surface area contributed by atoms with Gasteiger partial charge < -0.3 is 10.2 Å². The van der Waals surface area contributed by atoms with E-state index in [1.54, 1.807) is 6.07 Å². The molecule has 5 nitrogen and oxygen atoms in total. The number of phenolic OH excluding ortho intramolecular Hbond substituents is 2. The molecule has 0 bridgehead atoms. The highest BCUT2D eigenvalue weighted by atomic mass is 16.3. The second-order valence-electron chi connectivity index (χ2n) is 7.61. The molecule has 0 aliphatic rings. The minimum absolute atomic E-state index is 0.0839. The maximum absolute atomic E-state index is 10.4. The van der Waals surface area contributed by atoms with Crippen LogP contribution < -0.4 is 0 Å². The topological polar surface area (TPSA) is 79.1 Å². The molecule has 0 saturated carbocycles. The summed E-state index contributed by atoms with van der Waals surface area (Å²) in [7, 11) is 0. The van der Waals surface area contributed by atoms with Crippen LogP contribution in [0.15, 0.2) is 54.6 Å². The summed E-state index contributed by atoms with van der Waals surface area (Å²) in [5, 5.41) is 20.8. The molecule has 3 aromatic carbocycles. The van der Waals surface area contributed by atoms with E-state index in [2.05, 4.69) is 22.1 Å². The molecular weight excluding hydrogens is 374 g/mol. The van der Waals surface area contributed by atoms with Gasteiger partial charge in [-0.15, -0.1) is 0 Å². The summed E-state index contributed by atoms with van der Waals surface area (Å²) in [5.74, 6) is 1.05. The van der Waals surface area contributed by atoms with Crippen molar-refractivity contribution in [3.63, 3.8) is 0 Å². The number of hydrogen-bond donors (Lipinski definition) is 2. The monoisotopic (exact) mass is 397 g/mol. The van der Waals surface area contributed by atoms with Crippen LogP contribution in [-0.2, 0) is 0 Å². The Bertz CT molecular complexity index is 1180. The van der Waals surface area contributed by atoms with E-state index in [0.717, 1.165) is 33.4 Å². The van der Waals surface area contributed by atoms with Crippen LogP contribution in [0.4, 0.5) is 0 Å². The van der Waals surface area contributed by atoms with E-state index >= 15 is 0 Å². The molecule has 0 aliphatic heterocycles. The van der Waals surface area contributed by atoms with E-state index in [0.29, 0.717) is 11.6 Å². The van der Waals surface area contributed by atoms with E-state index in [-0.39, 0.29) is 22.9 Å². The molecule has 0 radical (unpaired) electrons. The standard InChI is InChI=1S/C25H23N3O2/c1-14-8-10-18(16(3)12-14)23-26-24(19-11-9-15(2)13-17(19)4)28-25(27-23)22-20(29)6-5-7-21(22)30/h5-13,29-30H,1-4H3. The lowest BCUT2D eigenvalue weighted by Gasteiger charge is -2.13. The highest BCUT2D eigenvalue weighted by Crippen LogP contribution is 2.37. The molecule has 0 amide bonds. The third-order valence-electron chi connectivity index (χ3n) is 5.13. The first-order valence-electron chi connectivity index (χ1n) is 9.76. The van der Waals surface area contributed by atoms with Crippen LogP contribution in [-0.4, -0.2) is 25.2 Å². The smallest absolute Gasteiger partial charge is 0.171 e. The van der Waals surface area contributed by atoms with Crippen molar-refractivity contribution >= 4 is 0 Å². The highest BCUT2D eigenvalue weighted by molar-refractivity contribution is 5.75. The van der Waals surface area contributed by atoms with Crippen molar-refractivity contribution in [1.29, 1.82) is 0 Å². The van der Waals surface area contributed by atoms with Crippen LogP contribution in [0.3, 0.4) is 0 Å². The number of phenols is 2. The van der Waals surface area contributed by atoms with Crippen molar-refractivity contribution in [1.82, 2.24) is 15.0 Å². The minimum Gasteiger partial charge on any atom is -0.507 e. The lowest BCUT2D eigenvalue weighted by molar-refractivity contribution is 0.453. The second-order valence-corrected chi connectivity index (χ2v) is 7.61. The lowest BCUT2D eigenvalue weighted by Crippen LogP contribution is -2.02. The van der Waals surface area contributed by atoms with Crippen molar-refractivity contribution in [3.05, 3.63) is 76.9 Å². The molecule has 0 unspecified atom stereocenters. The third kappa shape index (κ3) is 3.62. The van der Waals surface area contributed by atoms with Gasteiger partial charge in [0.25, 0.3) is 0 Å². The molecule has 4 aromatic rings. The fourth-order valence-electron chi connectivity index (χ4n) is 3.61. The maximum atomic E-state index is 10.4. The molecule has 4 rings (SSSR count). The molecule has 0 fully saturated rings. The molecule has 0 aliphatic carbocycles. The Labute approximate surface area is 175 Å². The van der Waals surface area contributed by atoms with Crippen LogP contribution in [0.5, 0.6) is 11.5 Å². The summed E-state index contributed by atoms with van der Waals surface area (Å²) in [6, 6.07) is 16.7. The van der Waals surface area contributed by atoms with Crippen molar-refractivity contribution in [3.8, 4) is 45.7 Å². The van der Waals surface area contributed by atoms with Gasteiger partial charge in [-0.25, -0.2) is 15.0 Å². The first-order chi connectivity index (χ1) is 14.3. The third-order valence-corrected chi connectivity index (χ3v) is 5.13. The highest BCUT2D eigenvalue weighted by Gasteiger charge is 2.19. The Balaban J connectivity index is 2.01. The Morgan fingerprint density at radius 1 is 0.567 bits per heavy atom. The Morgan fingerprint density at radius 2 is 1.00 bits per heavy atom. The zero-order valence-electron chi connectivity index (χ0n) is 17.4. The van der Waals surface area contributed by atoms with Crippen molar-refractivity contribution in [2.75, 3.05) is 0 Å². The average Bonchev–Trinajstić information content (AvgIpc) is 2.67. The largest absolute Gasteiger partial charge is 0.507 e. The zero-order valence-corrected chi connectivity index (χ0v) is 17.4. The van der Waals surface area contributed by atoms with E-state index in [4.69, 9.17) is 4.98 Å². The van der Waals surface area contributed by atoms with Crippen LogP contribution in [0, 0.1) is 27.7 Å². The van der Waals surface area contributed by atoms with Crippen molar-refractivity contribution in [2.45, 2.75) is 27.7 Å². The molecule has 150 valence electrons. The van der Waals surface area contributed by atoms with Gasteiger partial charge in [0, 0.05) is 11.1 Å². The van der Waals surface area contributed by atoms with Crippen LogP contribution in [0.25, 0.3) is 34.2 Å². The summed E-state index contributed by atoms with van der Waals surface area (Å²) in [4.78, 5) is 14.0. The first kappa shape index (κ1) is 19.6. The number of hydrogen-bond acceptors (Lipinski definition) is 5. The quantitative estimate of drug-likeness (QED) is 0.476. The van der Waals surface area contributed by atoms with E-state index in [1.807, 2.05) is 52.0 Å². The van der Waals surface area contributed by atoms with Gasteiger partial charge in [0.15, 0.2) is 17.5 Å². The SMILES string of the molecule is Cc1ccc(-c2nc(-c3ccc(C)cc3C)nc(-c3c(O)cccc3O)n2)c(C)c1. The van der Waals surface area contributed by atoms with Gasteiger partial charge in [-0.1, -0.05) is 53.6 Å². The average molecular weight is 397 g/mol. The van der Waals surface area contributed by atoms with Gasteiger partial charge in [-0.3, -0.25) is 0 Å². The van der Waals surface area contributed by atoms with Gasteiger partial charge >= 0.3 is 0 Å². The number of nitrogens with zero attached hydrogens (tertiary/aromatic N) is 3. The maximum Gasteiger partial charge on any atom is 0.171 e. The molecule has 30 heavy (non-hydrogen) atoms. The Kier molecular flexibility index (Phi) is 4.96. The van der Waals surface area contributed by atoms with Gasteiger partial charge in [-0.05, 0) is 51.0 Å². The summed E-state index contributed by atoms with van der Waals surface area (Å²) in [6.07, 6.45) is 0. The molecular formula is C25H23N3O2. The van der Waals surface area contributed by atoms with Crippen molar-refractivity contribution in [2.24, 2.45) is 0 Å². The Hall–Kier alpha value is -3.73. The summed E-state index contributed by atoms with van der Waals surface area (Å²) in [5.41, 5.74) is 6.34. The number of benzene rings is 3. The van der Waals surface area contributed by atoms with E-state index < -0.39 is 0 Å². The molecule has 1 heterocycles. The van der Waals surface area contributed by atoms with Crippen LogP contribution in [0.2, 0.25) is 0 Å². The predicted molar refractivity (Wildman–Crippen MR) is 118 cm³/mol. The molecule has 0 saturated heterocycles. The number of rotatable bonds is 3. The number of aromatic hydroxyl groups is 2. The van der Waals surface area contributed by atoms with Gasteiger partial charge in [0.05, 0.1) is 0 Å². The van der Waals surface area contributed by atoms with Gasteiger partial charge in [-0.2, -0.15) is 0 Å². The molecule has 0 atom stereocenters. The summed E-state index contributed by atoms with van der Waals surface area (Å²) >= 11 is 0. The molecule has 1 aromatic heterocycles. The van der Waals surface area contributed by atoms with Gasteiger partial charge in [0.2, 0.25) is 0 Å². The fourth-order valence-corrected chi connectivity index (χ4v) is 3.61. The summed E-state index contributed by atoms with van der Waals surface area (Å²) < 4.78 is 0. The fraction of sp³-hybridized carbons (Fsp3) is 0.160. The predicted octanol–water partition coefficient (Wildman–Crippen LogP) is 5.52. The summed E-state index contributed by atoms with van der Waals surface area (Å²) in [6.45, 7) is 8.10. The molecule has 2 N–H and O–H groups in total. The molecule has 5 heteroatoms. The second kappa shape index (κ2) is 7.59. The normalized spacial score (nSPS) is 10.9.